The van der Waals surface area contributed by atoms with Crippen LogP contribution >= 0.6 is 12.2 Å². The lowest BCUT2D eigenvalue weighted by Crippen LogP contribution is -2.42. The first-order valence-corrected chi connectivity index (χ1v) is 6.51. The topological polar surface area (TPSA) is 12.0 Å². The maximum absolute atomic E-state index is 4.67. The molecule has 0 aliphatic heterocycles. The van der Waals surface area contributed by atoms with Crippen molar-refractivity contribution in [1.82, 2.24) is 4.98 Å². The van der Waals surface area contributed by atoms with Gasteiger partial charge in [0.05, 0.1) is 5.49 Å². The van der Waals surface area contributed by atoms with Gasteiger partial charge in [0, 0.05) is 0 Å². The van der Waals surface area contributed by atoms with Crippen LogP contribution in [0.15, 0.2) is 0 Å². The van der Waals surface area contributed by atoms with Crippen LogP contribution in [0.2, 0.25) is 19.1 Å². The zero-order valence-electron chi connectivity index (χ0n) is 5.69. The highest BCUT2D eigenvalue weighted by molar-refractivity contribution is 7.79. The third-order valence-electron chi connectivity index (χ3n) is 1.33. The van der Waals surface area contributed by atoms with E-state index in [0.29, 0.717) is 0 Å². The molecule has 0 atom stereocenters. The zero-order chi connectivity index (χ0) is 6.62. The Bertz CT molecular complexity index is 82.5. The number of rotatable bonds is 3. The fourth-order valence-corrected chi connectivity index (χ4v) is 1.74. The molecule has 0 rings (SSSR count). The van der Waals surface area contributed by atoms with Crippen molar-refractivity contribution in [3.8, 4) is 0 Å². The second-order valence-corrected chi connectivity index (χ2v) is 7.50. The van der Waals surface area contributed by atoms with E-state index in [1.165, 1.54) is 6.04 Å². The molecule has 8 heavy (non-hydrogen) atoms. The molecule has 0 bridgehead atoms. The van der Waals surface area contributed by atoms with Crippen LogP contribution in [-0.2, 0) is 0 Å². The van der Waals surface area contributed by atoms with E-state index in [2.05, 4.69) is 37.2 Å². The van der Waals surface area contributed by atoms with Gasteiger partial charge in [-0.2, -0.15) is 0 Å². The van der Waals surface area contributed by atoms with Gasteiger partial charge in [-0.15, -0.1) is 0 Å². The molecule has 0 heterocycles. The monoisotopic (exact) mass is 147 g/mol. The lowest BCUT2D eigenvalue weighted by molar-refractivity contribution is 1.25. The van der Waals surface area contributed by atoms with Crippen molar-refractivity contribution in [3.05, 3.63) is 0 Å². The Kier molecular flexibility index (Phi) is 3.24. The molecule has 0 amide bonds. The Morgan fingerprint density at radius 2 is 2.12 bits per heavy atom. The molecule has 1 nitrogen and oxygen atoms in total. The molecule has 0 aliphatic rings. The number of hydrogen-bond acceptors (Lipinski definition) is 1. The van der Waals surface area contributed by atoms with Crippen LogP contribution in [-0.4, -0.2) is 13.7 Å². The highest BCUT2D eigenvalue weighted by Crippen LogP contribution is 2.00. The van der Waals surface area contributed by atoms with Crippen molar-refractivity contribution in [2.45, 2.75) is 26.1 Å². The minimum absolute atomic E-state index is 1.09. The van der Waals surface area contributed by atoms with Crippen molar-refractivity contribution >= 4 is 25.9 Å². The predicted molar refractivity (Wildman–Crippen MR) is 44.8 cm³/mol. The van der Waals surface area contributed by atoms with Gasteiger partial charge in [-0.05, 0) is 6.04 Å². The fraction of sp³-hybridized carbons (Fsp3) is 0.800. The van der Waals surface area contributed by atoms with E-state index in [1.807, 2.05) is 0 Å². The van der Waals surface area contributed by atoms with Crippen LogP contribution in [0.3, 0.4) is 0 Å². The molecule has 0 aromatic carbocycles. The minimum atomic E-state index is -1.09. The van der Waals surface area contributed by atoms with E-state index in [0.717, 1.165) is 0 Å². The van der Waals surface area contributed by atoms with Gasteiger partial charge in [-0.25, -0.2) is 0 Å². The molecule has 48 valence electrons. The molecule has 0 aliphatic carbocycles. The highest BCUT2D eigenvalue weighted by atomic mass is 32.1. The van der Waals surface area contributed by atoms with E-state index < -0.39 is 8.24 Å². The summed E-state index contributed by atoms with van der Waals surface area (Å²) < 4.78 is 0. The van der Waals surface area contributed by atoms with Crippen LogP contribution in [0, 0.1) is 0 Å². The maximum Gasteiger partial charge on any atom is 0.147 e. The van der Waals surface area contributed by atoms with Crippen LogP contribution < -0.4 is 4.98 Å². The Morgan fingerprint density at radius 1 is 1.62 bits per heavy atom. The number of thiocarbonyl (C=S) groups is 1. The van der Waals surface area contributed by atoms with Crippen LogP contribution in [0.1, 0.15) is 6.92 Å². The average molecular weight is 147 g/mol. The molecule has 3 heteroatoms. The SMILES string of the molecule is CC[Si](C)(C)NC=S. The molecule has 0 fully saturated rings. The minimum Gasteiger partial charge on any atom is -0.408 e. The summed E-state index contributed by atoms with van der Waals surface area (Å²) in [4.78, 5) is 3.20. The van der Waals surface area contributed by atoms with Gasteiger partial charge in [0.15, 0.2) is 0 Å². The first-order valence-electron chi connectivity index (χ1n) is 2.84. The Morgan fingerprint density at radius 3 is 2.25 bits per heavy atom. The third kappa shape index (κ3) is 3.15. The van der Waals surface area contributed by atoms with Gasteiger partial charge in [-0.1, -0.05) is 32.2 Å². The van der Waals surface area contributed by atoms with Gasteiger partial charge in [0.1, 0.15) is 8.24 Å². The first kappa shape index (κ1) is 8.11. The van der Waals surface area contributed by atoms with Crippen molar-refractivity contribution in [2.75, 3.05) is 0 Å². The summed E-state index contributed by atoms with van der Waals surface area (Å²) in [6.07, 6.45) is 0. The standard InChI is InChI=1S/C5H13NSSi/c1-4-8(2,3)6-5-7/h5H,4H2,1-3H3,(H,6,7). The Balaban J connectivity index is 3.53. The quantitative estimate of drug-likeness (QED) is 0.482. The largest absolute Gasteiger partial charge is 0.408 e. The van der Waals surface area contributed by atoms with E-state index in [-0.39, 0.29) is 0 Å². The summed E-state index contributed by atoms with van der Waals surface area (Å²) in [6.45, 7) is 6.71. The van der Waals surface area contributed by atoms with Crippen LogP contribution in [0.4, 0.5) is 0 Å². The van der Waals surface area contributed by atoms with Gasteiger partial charge < -0.3 is 4.98 Å². The van der Waals surface area contributed by atoms with Gasteiger partial charge in [0.2, 0.25) is 0 Å². The second kappa shape index (κ2) is 3.20. The summed E-state index contributed by atoms with van der Waals surface area (Å²) in [7, 11) is -1.09. The Labute approximate surface area is 57.6 Å². The first-order chi connectivity index (χ1) is 3.62. The van der Waals surface area contributed by atoms with E-state index in [9.17, 15) is 0 Å². The summed E-state index contributed by atoms with van der Waals surface area (Å²) in [5.41, 5.74) is 1.63. The van der Waals surface area contributed by atoms with Gasteiger partial charge in [-0.3, -0.25) is 0 Å². The number of nitrogens with one attached hydrogen (secondary N) is 1. The molecule has 0 spiro atoms. The van der Waals surface area contributed by atoms with E-state index >= 15 is 0 Å². The summed E-state index contributed by atoms with van der Waals surface area (Å²) in [5, 5.41) is 0. The predicted octanol–water partition coefficient (Wildman–Crippen LogP) is 1.76. The van der Waals surface area contributed by atoms with Crippen LogP contribution in [0.5, 0.6) is 0 Å². The summed E-state index contributed by atoms with van der Waals surface area (Å²) in [6, 6.07) is 1.24. The Hall–Kier alpha value is 0.107. The van der Waals surface area contributed by atoms with Crippen molar-refractivity contribution in [3.63, 3.8) is 0 Å². The number of hydrogen-bond donors (Lipinski definition) is 1. The maximum atomic E-state index is 4.67. The highest BCUT2D eigenvalue weighted by Gasteiger charge is 2.14. The summed E-state index contributed by atoms with van der Waals surface area (Å²) >= 11 is 4.67. The summed E-state index contributed by atoms with van der Waals surface area (Å²) in [5.74, 6) is 0. The molecule has 1 N–H and O–H groups in total. The van der Waals surface area contributed by atoms with E-state index in [1.54, 1.807) is 5.49 Å². The van der Waals surface area contributed by atoms with Crippen LogP contribution in [0.25, 0.3) is 0 Å². The lowest BCUT2D eigenvalue weighted by Gasteiger charge is -2.18. The molecular weight excluding hydrogens is 134 g/mol. The zero-order valence-corrected chi connectivity index (χ0v) is 7.51. The molecule has 0 aromatic heterocycles. The molecule has 0 saturated heterocycles. The molecule has 0 saturated carbocycles. The molecule has 0 unspecified atom stereocenters. The molecular formula is C5H13NSSi. The fourth-order valence-electron chi connectivity index (χ4n) is 0.262. The third-order valence-corrected chi connectivity index (χ3v) is 4.35. The van der Waals surface area contributed by atoms with Gasteiger partial charge >= 0.3 is 0 Å². The second-order valence-electron chi connectivity index (χ2n) is 2.50. The normalized spacial score (nSPS) is 10.9. The molecule has 0 radical (unpaired) electrons. The van der Waals surface area contributed by atoms with Crippen molar-refractivity contribution < 1.29 is 0 Å². The average Bonchev–Trinajstić information content (AvgIpc) is 1.67. The van der Waals surface area contributed by atoms with Crippen molar-refractivity contribution in [2.24, 2.45) is 0 Å². The van der Waals surface area contributed by atoms with Gasteiger partial charge in [0.25, 0.3) is 0 Å². The van der Waals surface area contributed by atoms with Crippen molar-refractivity contribution in [1.29, 1.82) is 0 Å². The smallest absolute Gasteiger partial charge is 0.147 e. The lowest BCUT2D eigenvalue weighted by atomic mass is 11.0. The molecule has 0 aromatic rings. The van der Waals surface area contributed by atoms with E-state index in [4.69, 9.17) is 0 Å².